The number of nitrogens with one attached hydrogen (secondary N) is 1. The van der Waals surface area contributed by atoms with E-state index in [4.69, 9.17) is 15.1 Å². The van der Waals surface area contributed by atoms with E-state index in [9.17, 15) is 4.79 Å². The lowest BCUT2D eigenvalue weighted by Gasteiger charge is -1.89. The molecule has 0 saturated heterocycles. The highest BCUT2D eigenvalue weighted by Gasteiger charge is 2.01. The maximum atomic E-state index is 10.5. The third-order valence-electron chi connectivity index (χ3n) is 0.847. The average molecular weight is 204 g/mol. The van der Waals surface area contributed by atoms with Crippen molar-refractivity contribution in [2.45, 2.75) is 0 Å². The van der Waals surface area contributed by atoms with Gasteiger partial charge in [0.2, 0.25) is 0 Å². The van der Waals surface area contributed by atoms with Gasteiger partial charge in [-0.25, -0.2) is 10.3 Å². The Morgan fingerprint density at radius 3 is 2.38 bits per heavy atom. The Morgan fingerprint density at radius 1 is 1.54 bits per heavy atom. The predicted octanol–water partition coefficient (Wildman–Crippen LogP) is 0.490. The molecule has 0 fully saturated rings. The van der Waals surface area contributed by atoms with Crippen molar-refractivity contribution in [2.24, 2.45) is 5.73 Å². The van der Waals surface area contributed by atoms with Crippen LogP contribution >= 0.6 is 11.3 Å². The van der Waals surface area contributed by atoms with E-state index in [0.717, 1.165) is 0 Å². The summed E-state index contributed by atoms with van der Waals surface area (Å²) in [6, 6.07) is 3.38. The second kappa shape index (κ2) is 5.98. The lowest BCUT2D eigenvalue weighted by atomic mass is 10.5. The zero-order valence-electron chi connectivity index (χ0n) is 6.43. The Balaban J connectivity index is 0.000000310. The van der Waals surface area contributed by atoms with E-state index in [1.54, 1.807) is 17.5 Å². The zero-order chi connectivity index (χ0) is 10.3. The Bertz CT molecular complexity index is 268. The number of carbonyl (C=O) groups excluding carboxylic acids is 1. The van der Waals surface area contributed by atoms with Crippen LogP contribution in [-0.4, -0.2) is 22.3 Å². The Labute approximate surface area is 77.6 Å². The van der Waals surface area contributed by atoms with Crippen LogP contribution in [0.25, 0.3) is 0 Å². The Kier molecular flexibility index (Phi) is 5.24. The lowest BCUT2D eigenvalue weighted by molar-refractivity contribution is 0.0711. The first-order chi connectivity index (χ1) is 6.07. The largest absolute Gasteiger partial charge is 0.465 e. The van der Waals surface area contributed by atoms with Gasteiger partial charge in [0, 0.05) is 0 Å². The van der Waals surface area contributed by atoms with E-state index < -0.39 is 12.0 Å². The monoisotopic (exact) mass is 204 g/mol. The summed E-state index contributed by atoms with van der Waals surface area (Å²) in [7, 11) is 0. The number of hydrogen-bond donors (Lipinski definition) is 4. The summed E-state index contributed by atoms with van der Waals surface area (Å²) in [6.07, 6.45) is -1.33. The number of amides is 2. The smallest absolute Gasteiger partial charge is 0.402 e. The fourth-order valence-electron chi connectivity index (χ4n) is 0.463. The van der Waals surface area contributed by atoms with E-state index in [1.165, 1.54) is 16.8 Å². The molecule has 13 heavy (non-hydrogen) atoms. The van der Waals surface area contributed by atoms with Crippen LogP contribution in [0.4, 0.5) is 4.79 Å². The molecule has 0 bridgehead atoms. The molecule has 0 aliphatic heterocycles. The van der Waals surface area contributed by atoms with Gasteiger partial charge in [-0.3, -0.25) is 10.0 Å². The van der Waals surface area contributed by atoms with Crippen LogP contribution < -0.4 is 11.2 Å². The summed E-state index contributed by atoms with van der Waals surface area (Å²) >= 11 is 1.28. The van der Waals surface area contributed by atoms with Crippen LogP contribution in [0.5, 0.6) is 0 Å². The summed E-state index contributed by atoms with van der Waals surface area (Å²) in [6.45, 7) is 0. The molecule has 72 valence electrons. The molecular formula is C6H8N2O4S. The third-order valence-corrected chi connectivity index (χ3v) is 1.72. The number of hydroxylamine groups is 1. The molecule has 6 nitrogen and oxygen atoms in total. The summed E-state index contributed by atoms with van der Waals surface area (Å²) in [5.41, 5.74) is 5.57. The van der Waals surface area contributed by atoms with Crippen molar-refractivity contribution < 1.29 is 19.9 Å². The molecule has 1 aromatic heterocycles. The lowest BCUT2D eigenvalue weighted by Crippen LogP contribution is -2.16. The van der Waals surface area contributed by atoms with E-state index in [1.807, 2.05) is 0 Å². The second-order valence-electron chi connectivity index (χ2n) is 1.76. The van der Waals surface area contributed by atoms with Crippen molar-refractivity contribution in [2.75, 3.05) is 0 Å². The first-order valence-corrected chi connectivity index (χ1v) is 3.92. The van der Waals surface area contributed by atoms with E-state index in [-0.39, 0.29) is 0 Å². The van der Waals surface area contributed by atoms with E-state index in [0.29, 0.717) is 4.88 Å². The van der Waals surface area contributed by atoms with E-state index >= 15 is 0 Å². The van der Waals surface area contributed by atoms with Crippen molar-refractivity contribution >= 4 is 23.3 Å². The Hall–Kier alpha value is -1.60. The van der Waals surface area contributed by atoms with Gasteiger partial charge < -0.3 is 10.8 Å². The van der Waals surface area contributed by atoms with Crippen molar-refractivity contribution in [1.82, 2.24) is 5.48 Å². The molecule has 0 aromatic carbocycles. The molecule has 0 unspecified atom stereocenters. The van der Waals surface area contributed by atoms with Crippen LogP contribution in [0.15, 0.2) is 17.5 Å². The number of carboxylic acid groups (broad SMARTS) is 1. The van der Waals surface area contributed by atoms with Crippen molar-refractivity contribution in [1.29, 1.82) is 0 Å². The molecule has 1 aromatic rings. The number of primary amides is 1. The van der Waals surface area contributed by atoms with Gasteiger partial charge in [0.15, 0.2) is 0 Å². The summed E-state index contributed by atoms with van der Waals surface area (Å²) in [5.74, 6) is -0.454. The average Bonchev–Trinajstić information content (AvgIpc) is 2.54. The quantitative estimate of drug-likeness (QED) is 0.394. The van der Waals surface area contributed by atoms with Crippen LogP contribution in [0.2, 0.25) is 0 Å². The van der Waals surface area contributed by atoms with E-state index in [2.05, 4.69) is 5.73 Å². The number of rotatable bonds is 1. The van der Waals surface area contributed by atoms with Crippen molar-refractivity contribution in [3.05, 3.63) is 22.4 Å². The van der Waals surface area contributed by atoms with Crippen LogP contribution in [0.3, 0.4) is 0 Å². The van der Waals surface area contributed by atoms with Gasteiger partial charge in [0.05, 0.1) is 4.88 Å². The molecule has 7 heteroatoms. The summed E-state index contributed by atoms with van der Waals surface area (Å²) < 4.78 is 0. The number of nitrogens with two attached hydrogens (primary N) is 1. The fraction of sp³-hybridized carbons (Fsp3) is 0. The molecular weight excluding hydrogens is 196 g/mol. The standard InChI is InChI=1S/C5H5NO2S.CH3NO2/c7-5(6-8)4-2-1-3-9-4;2-1(3)4/h1-3,8H,(H,6,7);2H2,(H,3,4). The highest BCUT2D eigenvalue weighted by Crippen LogP contribution is 2.06. The third kappa shape index (κ3) is 5.65. The van der Waals surface area contributed by atoms with Gasteiger partial charge in [0.1, 0.15) is 0 Å². The molecule has 5 N–H and O–H groups in total. The predicted molar refractivity (Wildman–Crippen MR) is 45.8 cm³/mol. The van der Waals surface area contributed by atoms with Gasteiger partial charge in [-0.2, -0.15) is 0 Å². The molecule has 1 rings (SSSR count). The molecule has 0 saturated carbocycles. The molecule has 0 aliphatic rings. The maximum Gasteiger partial charge on any atom is 0.402 e. The first kappa shape index (κ1) is 11.4. The fourth-order valence-corrected chi connectivity index (χ4v) is 1.08. The van der Waals surface area contributed by atoms with Gasteiger partial charge >= 0.3 is 6.09 Å². The van der Waals surface area contributed by atoms with Crippen molar-refractivity contribution in [3.8, 4) is 0 Å². The van der Waals surface area contributed by atoms with Crippen LogP contribution in [0.1, 0.15) is 9.67 Å². The van der Waals surface area contributed by atoms with Crippen molar-refractivity contribution in [3.63, 3.8) is 0 Å². The summed E-state index contributed by atoms with van der Waals surface area (Å²) in [5, 5.41) is 17.1. The second-order valence-corrected chi connectivity index (χ2v) is 2.70. The molecule has 0 spiro atoms. The normalized spacial score (nSPS) is 8.08. The number of thiophene rings is 1. The van der Waals surface area contributed by atoms with Crippen LogP contribution in [-0.2, 0) is 0 Å². The highest BCUT2D eigenvalue weighted by atomic mass is 32.1. The molecule has 1 heterocycles. The van der Waals surface area contributed by atoms with Gasteiger partial charge in [-0.05, 0) is 11.4 Å². The van der Waals surface area contributed by atoms with Crippen LogP contribution in [0, 0.1) is 0 Å². The SMILES string of the molecule is NC(=O)O.O=C(NO)c1cccs1. The molecule has 0 radical (unpaired) electrons. The number of carbonyl (C=O) groups is 2. The minimum atomic E-state index is -1.33. The summed E-state index contributed by atoms with van der Waals surface area (Å²) in [4.78, 5) is 19.8. The Morgan fingerprint density at radius 2 is 2.08 bits per heavy atom. The minimum Gasteiger partial charge on any atom is -0.465 e. The first-order valence-electron chi connectivity index (χ1n) is 3.04. The van der Waals surface area contributed by atoms with Gasteiger partial charge in [-0.15, -0.1) is 11.3 Å². The van der Waals surface area contributed by atoms with Gasteiger partial charge in [0.25, 0.3) is 5.91 Å². The molecule has 0 atom stereocenters. The molecule has 2 amide bonds. The van der Waals surface area contributed by atoms with Gasteiger partial charge in [-0.1, -0.05) is 6.07 Å². The minimum absolute atomic E-state index is 0.454. The molecule has 0 aliphatic carbocycles. The number of hydrogen-bond acceptors (Lipinski definition) is 4. The highest BCUT2D eigenvalue weighted by molar-refractivity contribution is 7.12. The topological polar surface area (TPSA) is 113 Å². The zero-order valence-corrected chi connectivity index (χ0v) is 7.25. The maximum absolute atomic E-state index is 10.5.